The Morgan fingerprint density at radius 1 is 1.09 bits per heavy atom. The first-order valence-corrected chi connectivity index (χ1v) is 11.1. The lowest BCUT2D eigenvalue weighted by Crippen LogP contribution is -2.55. The van der Waals surface area contributed by atoms with Crippen molar-refractivity contribution in [1.29, 1.82) is 0 Å². The van der Waals surface area contributed by atoms with Crippen LogP contribution in [0.3, 0.4) is 0 Å². The number of nitrogens with two attached hydrogens (primary N) is 1. The zero-order valence-electron chi connectivity index (χ0n) is 18.2. The van der Waals surface area contributed by atoms with Crippen LogP contribution in [0.5, 0.6) is 5.75 Å². The third-order valence-corrected chi connectivity index (χ3v) is 6.29. The molecule has 1 atom stereocenters. The van der Waals surface area contributed by atoms with Crippen molar-refractivity contribution in [3.05, 3.63) is 59.9 Å². The van der Waals surface area contributed by atoms with E-state index in [1.165, 1.54) is 0 Å². The van der Waals surface area contributed by atoms with Crippen molar-refractivity contribution in [2.75, 3.05) is 52.5 Å². The predicted octanol–water partition coefficient (Wildman–Crippen LogP) is 1.45. The van der Waals surface area contributed by atoms with Crippen LogP contribution in [0.15, 0.2) is 48.7 Å². The average Bonchev–Trinajstić information content (AvgIpc) is 2.85. The molecule has 8 nitrogen and oxygen atoms in total. The number of carbonyl (C=O) groups excluding carboxylic acids is 2. The van der Waals surface area contributed by atoms with E-state index in [9.17, 15) is 9.59 Å². The quantitative estimate of drug-likeness (QED) is 0.703. The molecule has 0 radical (unpaired) electrons. The highest BCUT2D eigenvalue weighted by Crippen LogP contribution is 2.34. The van der Waals surface area contributed by atoms with Gasteiger partial charge in [0.05, 0.1) is 24.5 Å². The largest absolute Gasteiger partial charge is 0.491 e. The van der Waals surface area contributed by atoms with Crippen LogP contribution in [-0.4, -0.2) is 79.1 Å². The van der Waals surface area contributed by atoms with Crippen molar-refractivity contribution in [3.8, 4) is 5.75 Å². The van der Waals surface area contributed by atoms with E-state index in [1.807, 2.05) is 24.3 Å². The van der Waals surface area contributed by atoms with Crippen LogP contribution >= 0.6 is 0 Å². The van der Waals surface area contributed by atoms with Gasteiger partial charge in [0.2, 0.25) is 5.91 Å². The molecular weight excluding hydrogens is 408 g/mol. The van der Waals surface area contributed by atoms with Crippen LogP contribution in [0, 0.1) is 0 Å². The molecule has 8 heteroatoms. The van der Waals surface area contributed by atoms with Crippen molar-refractivity contribution in [2.24, 2.45) is 5.73 Å². The van der Waals surface area contributed by atoms with Crippen LogP contribution in [-0.2, 0) is 14.9 Å². The summed E-state index contributed by atoms with van der Waals surface area (Å²) >= 11 is 0. The Labute approximate surface area is 188 Å². The number of ether oxygens (including phenoxy) is 2. The van der Waals surface area contributed by atoms with Crippen molar-refractivity contribution >= 4 is 11.8 Å². The maximum Gasteiger partial charge on any atom is 0.257 e. The lowest BCUT2D eigenvalue weighted by atomic mass is 9.76. The molecule has 0 aliphatic carbocycles. The number of rotatable bonds is 7. The van der Waals surface area contributed by atoms with Gasteiger partial charge in [-0.2, -0.15) is 0 Å². The molecule has 2 fully saturated rings. The summed E-state index contributed by atoms with van der Waals surface area (Å²) in [6.07, 6.45) is 2.89. The molecule has 2 aliphatic heterocycles. The van der Waals surface area contributed by atoms with Gasteiger partial charge in [0.25, 0.3) is 5.91 Å². The summed E-state index contributed by atoms with van der Waals surface area (Å²) in [5, 5.41) is 0. The molecule has 0 bridgehead atoms. The molecule has 4 rings (SSSR count). The van der Waals surface area contributed by atoms with Gasteiger partial charge < -0.3 is 20.1 Å². The zero-order valence-corrected chi connectivity index (χ0v) is 18.2. The summed E-state index contributed by atoms with van der Waals surface area (Å²) < 4.78 is 11.4. The van der Waals surface area contributed by atoms with E-state index in [0.29, 0.717) is 43.0 Å². The SMILES string of the molecule is NC(=O)[C@@]1(c2ccccn2)CCCN(C(=O)c2ccccc2OCCN2CCOCC2)C1. The van der Waals surface area contributed by atoms with Crippen LogP contribution in [0.1, 0.15) is 28.9 Å². The van der Waals surface area contributed by atoms with Gasteiger partial charge in [0.15, 0.2) is 0 Å². The third-order valence-electron chi connectivity index (χ3n) is 6.29. The molecular formula is C24H30N4O4. The second kappa shape index (κ2) is 10.1. The summed E-state index contributed by atoms with van der Waals surface area (Å²) in [5.74, 6) is -0.0594. The fourth-order valence-corrected chi connectivity index (χ4v) is 4.46. The van der Waals surface area contributed by atoms with Crippen molar-refractivity contribution in [2.45, 2.75) is 18.3 Å². The second-order valence-corrected chi connectivity index (χ2v) is 8.29. The molecule has 170 valence electrons. The number of likely N-dealkylation sites (tertiary alicyclic amines) is 1. The molecule has 0 saturated carbocycles. The molecule has 2 aliphatic rings. The molecule has 1 aromatic carbocycles. The van der Waals surface area contributed by atoms with E-state index in [2.05, 4.69) is 9.88 Å². The monoisotopic (exact) mass is 438 g/mol. The summed E-state index contributed by atoms with van der Waals surface area (Å²) in [6, 6.07) is 12.7. The third kappa shape index (κ3) is 4.76. The number of hydrogen-bond donors (Lipinski definition) is 1. The smallest absolute Gasteiger partial charge is 0.257 e. The van der Waals surface area contributed by atoms with Gasteiger partial charge in [-0.15, -0.1) is 0 Å². The highest BCUT2D eigenvalue weighted by molar-refractivity contribution is 5.98. The predicted molar refractivity (Wildman–Crippen MR) is 119 cm³/mol. The number of morpholine rings is 1. The second-order valence-electron chi connectivity index (χ2n) is 8.29. The highest BCUT2D eigenvalue weighted by atomic mass is 16.5. The number of nitrogens with zero attached hydrogens (tertiary/aromatic N) is 3. The fraction of sp³-hybridized carbons (Fsp3) is 0.458. The Kier molecular flexibility index (Phi) is 7.02. The van der Waals surface area contributed by atoms with Crippen molar-refractivity contribution in [3.63, 3.8) is 0 Å². The number of para-hydroxylation sites is 1. The van der Waals surface area contributed by atoms with Crippen molar-refractivity contribution in [1.82, 2.24) is 14.8 Å². The Morgan fingerprint density at radius 2 is 1.88 bits per heavy atom. The number of primary amides is 1. The lowest BCUT2D eigenvalue weighted by molar-refractivity contribution is -0.125. The summed E-state index contributed by atoms with van der Waals surface area (Å²) in [4.78, 5) is 34.4. The van der Waals surface area contributed by atoms with Crippen LogP contribution < -0.4 is 10.5 Å². The van der Waals surface area contributed by atoms with Gasteiger partial charge in [-0.25, -0.2) is 0 Å². The fourth-order valence-electron chi connectivity index (χ4n) is 4.46. The first kappa shape index (κ1) is 22.2. The molecule has 1 aromatic heterocycles. The number of amides is 2. The zero-order chi connectivity index (χ0) is 22.4. The number of benzene rings is 1. The van der Waals surface area contributed by atoms with Gasteiger partial charge in [-0.3, -0.25) is 19.5 Å². The molecule has 2 amide bonds. The number of carbonyl (C=O) groups is 2. The standard InChI is InChI=1S/C24H30N4O4/c25-23(30)24(21-8-3-4-10-26-21)9-5-11-28(18-24)22(29)19-6-1-2-7-20(19)32-17-14-27-12-15-31-16-13-27/h1-4,6-8,10H,5,9,11-18H2,(H2,25,30)/t24-/m0/s1. The molecule has 32 heavy (non-hydrogen) atoms. The minimum atomic E-state index is -0.985. The number of hydrogen-bond acceptors (Lipinski definition) is 6. The Morgan fingerprint density at radius 3 is 2.62 bits per heavy atom. The molecule has 0 unspecified atom stereocenters. The van der Waals surface area contributed by atoms with E-state index < -0.39 is 11.3 Å². The number of piperidine rings is 1. The molecule has 0 spiro atoms. The van der Waals surface area contributed by atoms with E-state index in [-0.39, 0.29) is 12.5 Å². The normalized spacial score (nSPS) is 21.8. The van der Waals surface area contributed by atoms with Gasteiger partial charge in [0.1, 0.15) is 17.8 Å². The van der Waals surface area contributed by atoms with Crippen LogP contribution in [0.2, 0.25) is 0 Å². The van der Waals surface area contributed by atoms with E-state index >= 15 is 0 Å². The summed E-state index contributed by atoms with van der Waals surface area (Å²) in [7, 11) is 0. The van der Waals surface area contributed by atoms with Gasteiger partial charge in [-0.1, -0.05) is 18.2 Å². The van der Waals surface area contributed by atoms with Crippen LogP contribution in [0.25, 0.3) is 0 Å². The maximum atomic E-state index is 13.5. The minimum Gasteiger partial charge on any atom is -0.491 e. The molecule has 2 saturated heterocycles. The Bertz CT molecular complexity index is 933. The number of aromatic nitrogens is 1. The average molecular weight is 439 g/mol. The molecule has 3 heterocycles. The van der Waals surface area contributed by atoms with Gasteiger partial charge in [0, 0.05) is 38.9 Å². The summed E-state index contributed by atoms with van der Waals surface area (Å²) in [6.45, 7) is 5.29. The lowest BCUT2D eigenvalue weighted by Gasteiger charge is -2.40. The van der Waals surface area contributed by atoms with E-state index in [4.69, 9.17) is 15.2 Å². The Balaban J connectivity index is 1.48. The first-order valence-electron chi connectivity index (χ1n) is 11.1. The van der Waals surface area contributed by atoms with Gasteiger partial charge in [-0.05, 0) is 37.1 Å². The van der Waals surface area contributed by atoms with E-state index in [1.54, 1.807) is 29.3 Å². The first-order chi connectivity index (χ1) is 15.6. The molecule has 2 N–H and O–H groups in total. The Hall–Kier alpha value is -2.97. The topological polar surface area (TPSA) is 98.0 Å². The molecule has 2 aromatic rings. The summed E-state index contributed by atoms with van der Waals surface area (Å²) in [5.41, 5.74) is 5.97. The minimum absolute atomic E-state index is 0.159. The van der Waals surface area contributed by atoms with Crippen LogP contribution in [0.4, 0.5) is 0 Å². The van der Waals surface area contributed by atoms with Crippen molar-refractivity contribution < 1.29 is 19.1 Å². The highest BCUT2D eigenvalue weighted by Gasteiger charge is 2.45. The van der Waals surface area contributed by atoms with E-state index in [0.717, 1.165) is 32.8 Å². The number of pyridine rings is 1. The maximum absolute atomic E-state index is 13.5. The van der Waals surface area contributed by atoms with Gasteiger partial charge >= 0.3 is 0 Å².